The lowest BCUT2D eigenvalue weighted by Crippen LogP contribution is -2.32. The van der Waals surface area contributed by atoms with Crippen molar-refractivity contribution >= 4 is 35.0 Å². The minimum atomic E-state index is -0.425. The van der Waals surface area contributed by atoms with Crippen molar-refractivity contribution in [3.05, 3.63) is 102 Å². The second-order valence-corrected chi connectivity index (χ2v) is 7.78. The van der Waals surface area contributed by atoms with Gasteiger partial charge in [-0.05, 0) is 63.6 Å². The molecule has 4 heteroatoms. The highest BCUT2D eigenvalue weighted by Gasteiger charge is 2.23. The van der Waals surface area contributed by atoms with Gasteiger partial charge in [-0.25, -0.2) is 0 Å². The summed E-state index contributed by atoms with van der Waals surface area (Å²) in [5.41, 5.74) is 5.94. The molecule has 2 aromatic rings. The topological polar surface area (TPSA) is 43.1 Å². The SMILES string of the molecule is O=[N+]([O-])c1cc(C2C=CC3=CCc4c(ccc5c4=CCCC=5)C3=C2)ccc1Cl. The van der Waals surface area contributed by atoms with Crippen molar-refractivity contribution in [3.63, 3.8) is 0 Å². The van der Waals surface area contributed by atoms with Gasteiger partial charge < -0.3 is 0 Å². The molecule has 0 fully saturated rings. The van der Waals surface area contributed by atoms with Crippen molar-refractivity contribution in [2.24, 2.45) is 0 Å². The highest BCUT2D eigenvalue weighted by Crippen LogP contribution is 2.39. The number of fused-ring (bicyclic) bond motifs is 5. The van der Waals surface area contributed by atoms with Gasteiger partial charge in [-0.1, -0.05) is 66.3 Å². The van der Waals surface area contributed by atoms with Crippen LogP contribution in [0, 0.1) is 10.1 Å². The lowest BCUT2D eigenvalue weighted by atomic mass is 9.79. The summed E-state index contributed by atoms with van der Waals surface area (Å²) in [6.07, 6.45) is 16.6. The minimum absolute atomic E-state index is 0.0133. The number of benzene rings is 2. The third-order valence-corrected chi connectivity index (χ3v) is 6.10. The molecule has 3 aliphatic carbocycles. The van der Waals surface area contributed by atoms with Crippen LogP contribution in [0.15, 0.2) is 60.2 Å². The Labute approximate surface area is 167 Å². The number of halogens is 1. The van der Waals surface area contributed by atoms with Gasteiger partial charge in [0.2, 0.25) is 0 Å². The molecule has 3 aliphatic rings. The standard InChI is InChI=1S/C24H18ClNO2/c25-23-12-9-18(14-24(23)26(27)28)17-6-5-16-8-10-20-19-4-2-1-3-15(19)7-11-21(20)22(16)13-17/h3-9,11-14,17H,1-2,10H2. The van der Waals surface area contributed by atoms with Crippen molar-refractivity contribution in [1.29, 1.82) is 0 Å². The van der Waals surface area contributed by atoms with Gasteiger partial charge in [-0.15, -0.1) is 0 Å². The Kier molecular flexibility index (Phi) is 4.06. The number of hydrogen-bond donors (Lipinski definition) is 0. The van der Waals surface area contributed by atoms with E-state index in [4.69, 9.17) is 11.6 Å². The summed E-state index contributed by atoms with van der Waals surface area (Å²) in [4.78, 5) is 10.8. The quantitative estimate of drug-likeness (QED) is 0.547. The van der Waals surface area contributed by atoms with Gasteiger partial charge in [-0.3, -0.25) is 10.1 Å². The number of allylic oxidation sites excluding steroid dienone is 6. The minimum Gasteiger partial charge on any atom is -0.258 e. The Bertz CT molecular complexity index is 1230. The highest BCUT2D eigenvalue weighted by atomic mass is 35.5. The molecule has 0 spiro atoms. The molecule has 1 unspecified atom stereocenters. The molecule has 5 rings (SSSR count). The van der Waals surface area contributed by atoms with Gasteiger partial charge in [0.15, 0.2) is 0 Å². The Morgan fingerprint density at radius 2 is 1.93 bits per heavy atom. The maximum atomic E-state index is 11.3. The fourth-order valence-corrected chi connectivity index (χ4v) is 4.58. The van der Waals surface area contributed by atoms with Crippen molar-refractivity contribution < 1.29 is 4.92 Å². The van der Waals surface area contributed by atoms with Crippen molar-refractivity contribution in [1.82, 2.24) is 0 Å². The molecule has 1 atom stereocenters. The first-order chi connectivity index (χ1) is 13.6. The first-order valence-corrected chi connectivity index (χ1v) is 9.86. The van der Waals surface area contributed by atoms with Crippen molar-refractivity contribution in [3.8, 4) is 0 Å². The van der Waals surface area contributed by atoms with Crippen LogP contribution in [-0.4, -0.2) is 4.92 Å². The fraction of sp³-hybridized carbons (Fsp3) is 0.167. The van der Waals surface area contributed by atoms with Gasteiger partial charge in [0.1, 0.15) is 5.02 Å². The van der Waals surface area contributed by atoms with Gasteiger partial charge in [-0.2, -0.15) is 0 Å². The second kappa shape index (κ2) is 6.61. The van der Waals surface area contributed by atoms with Crippen LogP contribution in [0.3, 0.4) is 0 Å². The number of rotatable bonds is 2. The number of nitrogens with zero attached hydrogens (tertiary/aromatic N) is 1. The van der Waals surface area contributed by atoms with Gasteiger partial charge in [0, 0.05) is 12.0 Å². The van der Waals surface area contributed by atoms with Crippen LogP contribution in [0.4, 0.5) is 5.69 Å². The average Bonchev–Trinajstić information content (AvgIpc) is 2.73. The van der Waals surface area contributed by atoms with E-state index in [0.717, 1.165) is 24.8 Å². The zero-order valence-electron chi connectivity index (χ0n) is 15.2. The molecule has 0 N–H and O–H groups in total. The Hall–Kier alpha value is -2.91. The van der Waals surface area contributed by atoms with E-state index in [1.165, 1.54) is 32.7 Å². The van der Waals surface area contributed by atoms with E-state index in [9.17, 15) is 10.1 Å². The van der Waals surface area contributed by atoms with Crippen LogP contribution in [-0.2, 0) is 6.42 Å². The molecule has 0 saturated heterocycles. The third kappa shape index (κ3) is 2.74. The van der Waals surface area contributed by atoms with E-state index >= 15 is 0 Å². The van der Waals surface area contributed by atoms with Crippen LogP contribution >= 0.6 is 11.6 Å². The molecular formula is C24H18ClNO2. The van der Waals surface area contributed by atoms with Crippen LogP contribution in [0.1, 0.15) is 35.4 Å². The molecule has 0 heterocycles. The van der Waals surface area contributed by atoms with Crippen molar-refractivity contribution in [2.75, 3.05) is 0 Å². The molecule has 0 bridgehead atoms. The molecular weight excluding hydrogens is 370 g/mol. The van der Waals surface area contributed by atoms with Crippen LogP contribution in [0.25, 0.3) is 17.7 Å². The van der Waals surface area contributed by atoms with E-state index in [1.807, 2.05) is 6.07 Å². The summed E-state index contributed by atoms with van der Waals surface area (Å²) in [5.74, 6) is -0.0133. The lowest BCUT2D eigenvalue weighted by molar-refractivity contribution is -0.384. The molecule has 2 aromatic carbocycles. The lowest BCUT2D eigenvalue weighted by Gasteiger charge is -2.25. The molecule has 0 aliphatic heterocycles. The van der Waals surface area contributed by atoms with E-state index in [-0.39, 0.29) is 16.6 Å². The first kappa shape index (κ1) is 17.2. The van der Waals surface area contributed by atoms with E-state index < -0.39 is 4.92 Å². The molecule has 138 valence electrons. The van der Waals surface area contributed by atoms with Crippen LogP contribution in [0.5, 0.6) is 0 Å². The first-order valence-electron chi connectivity index (χ1n) is 9.49. The summed E-state index contributed by atoms with van der Waals surface area (Å²) in [6, 6.07) is 9.51. The average molecular weight is 388 g/mol. The third-order valence-electron chi connectivity index (χ3n) is 5.78. The molecule has 28 heavy (non-hydrogen) atoms. The van der Waals surface area contributed by atoms with Crippen molar-refractivity contribution in [2.45, 2.75) is 25.2 Å². The zero-order valence-corrected chi connectivity index (χ0v) is 15.9. The monoisotopic (exact) mass is 387 g/mol. The summed E-state index contributed by atoms with van der Waals surface area (Å²) < 4.78 is 0. The van der Waals surface area contributed by atoms with Gasteiger partial charge >= 0.3 is 0 Å². The smallest absolute Gasteiger partial charge is 0.258 e. The maximum Gasteiger partial charge on any atom is 0.288 e. The summed E-state index contributed by atoms with van der Waals surface area (Å²) in [7, 11) is 0. The normalized spacial score (nSPS) is 19.2. The molecule has 0 amide bonds. The predicted octanol–water partition coefficient (Wildman–Crippen LogP) is 4.82. The molecule has 3 nitrogen and oxygen atoms in total. The van der Waals surface area contributed by atoms with Crippen LogP contribution < -0.4 is 10.4 Å². The largest absolute Gasteiger partial charge is 0.288 e. The number of nitro groups is 1. The molecule has 0 aromatic heterocycles. The highest BCUT2D eigenvalue weighted by molar-refractivity contribution is 6.32. The van der Waals surface area contributed by atoms with E-state index in [0.29, 0.717) is 0 Å². The Balaban J connectivity index is 1.63. The zero-order chi connectivity index (χ0) is 19.3. The summed E-state index contributed by atoms with van der Waals surface area (Å²) in [6.45, 7) is 0. The summed E-state index contributed by atoms with van der Waals surface area (Å²) in [5, 5.41) is 14.1. The molecule has 0 saturated carbocycles. The number of nitro benzene ring substituents is 1. The predicted molar refractivity (Wildman–Crippen MR) is 114 cm³/mol. The van der Waals surface area contributed by atoms with Crippen LogP contribution in [0.2, 0.25) is 5.02 Å². The molecule has 0 radical (unpaired) electrons. The van der Waals surface area contributed by atoms with E-state index in [2.05, 4.69) is 48.6 Å². The van der Waals surface area contributed by atoms with Gasteiger partial charge in [0.05, 0.1) is 4.92 Å². The van der Waals surface area contributed by atoms with Gasteiger partial charge in [0.25, 0.3) is 5.69 Å². The van der Waals surface area contributed by atoms with E-state index in [1.54, 1.807) is 12.1 Å². The second-order valence-electron chi connectivity index (χ2n) is 7.38. The summed E-state index contributed by atoms with van der Waals surface area (Å²) >= 11 is 5.98. The number of hydrogen-bond acceptors (Lipinski definition) is 2. The maximum absolute atomic E-state index is 11.3. The Morgan fingerprint density at radius 3 is 2.79 bits per heavy atom. The Morgan fingerprint density at radius 1 is 1.07 bits per heavy atom. The fourth-order valence-electron chi connectivity index (χ4n) is 4.39.